The standard InChI is InChI=1S/C26H31N3O3/c1-17-9-8-12-20(18(17)2)29-24(30)22-15-23-21(13-14-32-23)28(22)16-26(29,3)25(31)27-19-10-6-4-5-7-11-19/h8-9,12-15,19H,4-7,10-11,16H2,1-3H3,(H,27,31). The summed E-state index contributed by atoms with van der Waals surface area (Å²) in [5.74, 6) is -0.260. The molecule has 3 aromatic rings. The summed E-state index contributed by atoms with van der Waals surface area (Å²) in [5.41, 5.74) is 3.91. The Balaban J connectivity index is 1.61. The van der Waals surface area contributed by atoms with Gasteiger partial charge in [0.15, 0.2) is 5.58 Å². The molecule has 168 valence electrons. The van der Waals surface area contributed by atoms with E-state index in [1.54, 1.807) is 17.2 Å². The van der Waals surface area contributed by atoms with Crippen LogP contribution in [0.3, 0.4) is 0 Å². The molecule has 1 aliphatic heterocycles. The molecule has 0 bridgehead atoms. The molecule has 1 aliphatic carbocycles. The topological polar surface area (TPSA) is 67.5 Å². The van der Waals surface area contributed by atoms with Crippen LogP contribution in [0.4, 0.5) is 5.69 Å². The van der Waals surface area contributed by atoms with E-state index >= 15 is 0 Å². The monoisotopic (exact) mass is 433 g/mol. The maximum Gasteiger partial charge on any atom is 0.276 e. The van der Waals surface area contributed by atoms with Crippen molar-refractivity contribution in [1.29, 1.82) is 0 Å². The lowest BCUT2D eigenvalue weighted by atomic mass is 9.91. The summed E-state index contributed by atoms with van der Waals surface area (Å²) >= 11 is 0. The summed E-state index contributed by atoms with van der Waals surface area (Å²) in [6.07, 6.45) is 8.35. The van der Waals surface area contributed by atoms with Crippen molar-refractivity contribution in [1.82, 2.24) is 9.88 Å². The van der Waals surface area contributed by atoms with Crippen LogP contribution in [0, 0.1) is 13.8 Å². The number of amides is 2. The molecular weight excluding hydrogens is 402 g/mol. The Bertz CT molecular complexity index is 1180. The van der Waals surface area contributed by atoms with E-state index in [0.717, 1.165) is 48.0 Å². The quantitative estimate of drug-likeness (QED) is 0.584. The fourth-order valence-electron chi connectivity index (χ4n) is 5.33. The van der Waals surface area contributed by atoms with Gasteiger partial charge in [-0.1, -0.05) is 37.8 Å². The molecule has 5 rings (SSSR count). The number of anilines is 1. The maximum atomic E-state index is 13.9. The van der Waals surface area contributed by atoms with Crippen LogP contribution in [-0.4, -0.2) is 28.0 Å². The van der Waals surface area contributed by atoms with E-state index in [2.05, 4.69) is 5.32 Å². The van der Waals surface area contributed by atoms with Gasteiger partial charge in [-0.2, -0.15) is 0 Å². The van der Waals surface area contributed by atoms with Crippen LogP contribution in [0.5, 0.6) is 0 Å². The first-order chi connectivity index (χ1) is 15.4. The van der Waals surface area contributed by atoms with Crippen molar-refractivity contribution in [3.8, 4) is 0 Å². The van der Waals surface area contributed by atoms with Gasteiger partial charge in [0.25, 0.3) is 5.91 Å². The average Bonchev–Trinajstić information content (AvgIpc) is 3.26. The average molecular weight is 434 g/mol. The summed E-state index contributed by atoms with van der Waals surface area (Å²) in [7, 11) is 0. The molecule has 3 heterocycles. The van der Waals surface area contributed by atoms with E-state index in [0.29, 0.717) is 17.8 Å². The third-order valence-corrected chi connectivity index (χ3v) is 7.40. The molecule has 1 aromatic carbocycles. The second-order valence-corrected chi connectivity index (χ2v) is 9.58. The lowest BCUT2D eigenvalue weighted by Crippen LogP contribution is -2.65. The predicted octanol–water partition coefficient (Wildman–Crippen LogP) is 5.11. The van der Waals surface area contributed by atoms with Crippen LogP contribution in [0.15, 0.2) is 41.0 Å². The number of aryl methyl sites for hydroxylation is 1. The number of nitrogens with one attached hydrogen (secondary N) is 1. The van der Waals surface area contributed by atoms with Crippen molar-refractivity contribution in [2.24, 2.45) is 0 Å². The molecule has 1 N–H and O–H groups in total. The lowest BCUT2D eigenvalue weighted by Gasteiger charge is -2.45. The number of fused-ring (bicyclic) bond motifs is 3. The van der Waals surface area contributed by atoms with Gasteiger partial charge in [-0.15, -0.1) is 0 Å². The Morgan fingerprint density at radius 2 is 1.88 bits per heavy atom. The first kappa shape index (κ1) is 20.9. The fourth-order valence-corrected chi connectivity index (χ4v) is 5.33. The number of benzene rings is 1. The maximum absolute atomic E-state index is 13.9. The van der Waals surface area contributed by atoms with Crippen molar-refractivity contribution in [3.05, 3.63) is 53.4 Å². The third-order valence-electron chi connectivity index (χ3n) is 7.40. The number of carbonyl (C=O) groups excluding carboxylic acids is 2. The van der Waals surface area contributed by atoms with E-state index in [1.165, 1.54) is 12.8 Å². The number of rotatable bonds is 3. The Morgan fingerprint density at radius 1 is 1.12 bits per heavy atom. The number of carbonyl (C=O) groups is 2. The van der Waals surface area contributed by atoms with Crippen LogP contribution in [0.25, 0.3) is 11.1 Å². The van der Waals surface area contributed by atoms with Crippen LogP contribution < -0.4 is 10.2 Å². The minimum absolute atomic E-state index is 0.0883. The number of hydrogen-bond donors (Lipinski definition) is 1. The molecule has 0 radical (unpaired) electrons. The summed E-state index contributed by atoms with van der Waals surface area (Å²) in [5, 5.41) is 3.32. The largest absolute Gasteiger partial charge is 0.463 e. The molecule has 2 amide bonds. The van der Waals surface area contributed by atoms with Crippen LogP contribution in [0.1, 0.15) is 67.1 Å². The zero-order valence-electron chi connectivity index (χ0n) is 19.1. The summed E-state index contributed by atoms with van der Waals surface area (Å²) < 4.78 is 7.51. The molecule has 32 heavy (non-hydrogen) atoms. The molecule has 2 aliphatic rings. The molecule has 0 saturated heterocycles. The Morgan fingerprint density at radius 3 is 2.62 bits per heavy atom. The predicted molar refractivity (Wildman–Crippen MR) is 125 cm³/mol. The molecule has 6 nitrogen and oxygen atoms in total. The van der Waals surface area contributed by atoms with Gasteiger partial charge in [-0.3, -0.25) is 14.5 Å². The number of hydrogen-bond acceptors (Lipinski definition) is 3. The van der Waals surface area contributed by atoms with Crippen molar-refractivity contribution in [3.63, 3.8) is 0 Å². The van der Waals surface area contributed by atoms with Crippen molar-refractivity contribution < 1.29 is 14.0 Å². The Labute approximate surface area is 188 Å². The van der Waals surface area contributed by atoms with E-state index < -0.39 is 5.54 Å². The van der Waals surface area contributed by atoms with Gasteiger partial charge in [0.2, 0.25) is 5.91 Å². The lowest BCUT2D eigenvalue weighted by molar-refractivity contribution is -0.127. The highest BCUT2D eigenvalue weighted by atomic mass is 16.3. The van der Waals surface area contributed by atoms with E-state index in [9.17, 15) is 9.59 Å². The number of furan rings is 1. The minimum Gasteiger partial charge on any atom is -0.463 e. The van der Waals surface area contributed by atoms with Crippen molar-refractivity contribution in [2.45, 2.75) is 77.4 Å². The van der Waals surface area contributed by atoms with Gasteiger partial charge < -0.3 is 14.3 Å². The smallest absolute Gasteiger partial charge is 0.276 e. The first-order valence-corrected chi connectivity index (χ1v) is 11.7. The van der Waals surface area contributed by atoms with Crippen LogP contribution >= 0.6 is 0 Å². The fraction of sp³-hybridized carbons (Fsp3) is 0.462. The van der Waals surface area contributed by atoms with Gasteiger partial charge >= 0.3 is 0 Å². The van der Waals surface area contributed by atoms with Gasteiger partial charge in [-0.05, 0) is 50.8 Å². The normalized spacial score (nSPS) is 22.1. The highest BCUT2D eigenvalue weighted by molar-refractivity contribution is 6.14. The van der Waals surface area contributed by atoms with Gasteiger partial charge in [0.1, 0.15) is 11.2 Å². The van der Waals surface area contributed by atoms with Gasteiger partial charge in [0, 0.05) is 23.9 Å². The SMILES string of the molecule is Cc1cccc(N2C(=O)c3cc4occc4n3CC2(C)C(=O)NC2CCCCCC2)c1C. The second-order valence-electron chi connectivity index (χ2n) is 9.58. The van der Waals surface area contributed by atoms with E-state index in [1.807, 2.05) is 49.6 Å². The molecule has 1 atom stereocenters. The molecule has 6 heteroatoms. The van der Waals surface area contributed by atoms with Crippen LogP contribution in [0.2, 0.25) is 0 Å². The van der Waals surface area contributed by atoms with E-state index in [-0.39, 0.29) is 17.9 Å². The molecular formula is C26H31N3O3. The molecule has 1 fully saturated rings. The number of aromatic nitrogens is 1. The Hall–Kier alpha value is -3.02. The highest BCUT2D eigenvalue weighted by Crippen LogP contribution is 2.38. The molecule has 2 aromatic heterocycles. The zero-order valence-corrected chi connectivity index (χ0v) is 19.1. The van der Waals surface area contributed by atoms with Crippen molar-refractivity contribution >= 4 is 28.6 Å². The van der Waals surface area contributed by atoms with E-state index in [4.69, 9.17) is 4.42 Å². The first-order valence-electron chi connectivity index (χ1n) is 11.7. The van der Waals surface area contributed by atoms with Crippen molar-refractivity contribution in [2.75, 3.05) is 4.90 Å². The highest BCUT2D eigenvalue weighted by Gasteiger charge is 2.49. The van der Waals surface area contributed by atoms with Gasteiger partial charge in [-0.25, -0.2) is 0 Å². The number of nitrogens with zero attached hydrogens (tertiary/aromatic N) is 2. The molecule has 1 saturated carbocycles. The summed E-state index contributed by atoms with van der Waals surface area (Å²) in [4.78, 5) is 29.5. The molecule has 1 unspecified atom stereocenters. The van der Waals surface area contributed by atoms with Crippen LogP contribution in [-0.2, 0) is 11.3 Å². The minimum atomic E-state index is -1.06. The third kappa shape index (κ3) is 3.24. The Kier molecular flexibility index (Phi) is 5.11. The molecule has 0 spiro atoms. The van der Waals surface area contributed by atoms with Gasteiger partial charge in [0.05, 0.1) is 18.3 Å². The zero-order chi connectivity index (χ0) is 22.5. The second kappa shape index (κ2) is 7.84. The summed E-state index contributed by atoms with van der Waals surface area (Å²) in [6, 6.07) is 9.75. The summed E-state index contributed by atoms with van der Waals surface area (Å²) in [6.45, 7) is 6.32.